The molecule has 0 unspecified atom stereocenters. The van der Waals surface area contributed by atoms with Crippen LogP contribution in [-0.2, 0) is 11.2 Å². The Kier molecular flexibility index (Phi) is 4.83. The van der Waals surface area contributed by atoms with Crippen LogP contribution in [0.5, 0.6) is 0 Å². The van der Waals surface area contributed by atoms with Gasteiger partial charge in [0.1, 0.15) is 0 Å². The number of carbonyl (C=O) groups excluding carboxylic acids is 1. The lowest BCUT2D eigenvalue weighted by Crippen LogP contribution is -2.36. The fraction of sp³-hybridized carbons (Fsp3) is 0.583. The van der Waals surface area contributed by atoms with Crippen LogP contribution in [0.4, 0.5) is 0 Å². The van der Waals surface area contributed by atoms with Crippen LogP contribution in [-0.4, -0.2) is 37.0 Å². The van der Waals surface area contributed by atoms with Crippen molar-refractivity contribution in [1.82, 2.24) is 10.2 Å². The van der Waals surface area contributed by atoms with E-state index >= 15 is 0 Å². The minimum atomic E-state index is 0.228. The zero-order valence-electron chi connectivity index (χ0n) is 9.75. The van der Waals surface area contributed by atoms with Gasteiger partial charge in [-0.2, -0.15) is 0 Å². The van der Waals surface area contributed by atoms with Crippen LogP contribution in [0.2, 0.25) is 4.34 Å². The molecule has 0 atom stereocenters. The molecule has 0 aliphatic carbocycles. The van der Waals surface area contributed by atoms with Gasteiger partial charge in [0.25, 0.3) is 0 Å². The largest absolute Gasteiger partial charge is 0.342 e. The van der Waals surface area contributed by atoms with Crippen molar-refractivity contribution in [1.29, 1.82) is 0 Å². The molecular weight excluding hydrogens is 256 g/mol. The number of hydrogen-bond acceptors (Lipinski definition) is 3. The molecule has 2 heterocycles. The summed E-state index contributed by atoms with van der Waals surface area (Å²) in [6.07, 6.45) is 3.24. The zero-order chi connectivity index (χ0) is 12.1. The van der Waals surface area contributed by atoms with E-state index in [1.165, 1.54) is 4.88 Å². The number of likely N-dealkylation sites (tertiary alicyclic amines) is 1. The highest BCUT2D eigenvalue weighted by Crippen LogP contribution is 2.21. The molecule has 1 fully saturated rings. The number of rotatable bonds is 5. The summed E-state index contributed by atoms with van der Waals surface area (Å²) in [5.74, 6) is 0.228. The van der Waals surface area contributed by atoms with Crippen molar-refractivity contribution in [3.63, 3.8) is 0 Å². The number of halogens is 1. The molecule has 2 rings (SSSR count). The second-order valence-electron chi connectivity index (χ2n) is 4.22. The molecule has 1 aromatic heterocycles. The van der Waals surface area contributed by atoms with Crippen LogP contribution >= 0.6 is 22.9 Å². The minimum absolute atomic E-state index is 0.228. The van der Waals surface area contributed by atoms with E-state index in [1.54, 1.807) is 11.3 Å². The monoisotopic (exact) mass is 272 g/mol. The fourth-order valence-corrected chi connectivity index (χ4v) is 3.06. The maximum absolute atomic E-state index is 11.7. The van der Waals surface area contributed by atoms with Gasteiger partial charge in [-0.3, -0.25) is 4.79 Å². The highest BCUT2D eigenvalue weighted by atomic mass is 35.5. The van der Waals surface area contributed by atoms with E-state index in [9.17, 15) is 4.79 Å². The SMILES string of the molecule is O=C(CNCCc1ccc(Cl)s1)N1CCCC1. The van der Waals surface area contributed by atoms with Crippen LogP contribution in [0.15, 0.2) is 12.1 Å². The lowest BCUT2D eigenvalue weighted by atomic mass is 10.3. The number of thiophene rings is 1. The van der Waals surface area contributed by atoms with Gasteiger partial charge in [0.2, 0.25) is 5.91 Å². The van der Waals surface area contributed by atoms with E-state index in [2.05, 4.69) is 5.32 Å². The first-order valence-corrected chi connectivity index (χ1v) is 7.18. The Morgan fingerprint density at radius 3 is 2.82 bits per heavy atom. The summed E-state index contributed by atoms with van der Waals surface area (Å²) < 4.78 is 0.827. The molecule has 17 heavy (non-hydrogen) atoms. The normalized spacial score (nSPS) is 15.5. The van der Waals surface area contributed by atoms with Crippen molar-refractivity contribution in [2.24, 2.45) is 0 Å². The van der Waals surface area contributed by atoms with Crippen LogP contribution in [0.1, 0.15) is 17.7 Å². The maximum atomic E-state index is 11.7. The number of nitrogens with zero attached hydrogens (tertiary/aromatic N) is 1. The van der Waals surface area contributed by atoms with Gasteiger partial charge in [-0.25, -0.2) is 0 Å². The summed E-state index contributed by atoms with van der Waals surface area (Å²) >= 11 is 7.45. The van der Waals surface area contributed by atoms with E-state index in [1.807, 2.05) is 17.0 Å². The van der Waals surface area contributed by atoms with Crippen molar-refractivity contribution < 1.29 is 4.79 Å². The lowest BCUT2D eigenvalue weighted by molar-refractivity contribution is -0.129. The van der Waals surface area contributed by atoms with Gasteiger partial charge in [0, 0.05) is 24.5 Å². The molecule has 1 aromatic rings. The number of amides is 1. The maximum Gasteiger partial charge on any atom is 0.236 e. The van der Waals surface area contributed by atoms with Gasteiger partial charge in [-0.05, 0) is 31.4 Å². The molecule has 0 saturated carbocycles. The first-order chi connectivity index (χ1) is 8.25. The Morgan fingerprint density at radius 1 is 1.41 bits per heavy atom. The molecule has 0 radical (unpaired) electrons. The van der Waals surface area contributed by atoms with Gasteiger partial charge in [0.05, 0.1) is 10.9 Å². The van der Waals surface area contributed by atoms with Crippen LogP contribution in [0.25, 0.3) is 0 Å². The predicted octanol–water partition coefficient (Wildman–Crippen LogP) is 2.16. The molecule has 1 N–H and O–H groups in total. The Labute approximate surface area is 111 Å². The Balaban J connectivity index is 1.61. The van der Waals surface area contributed by atoms with Crippen LogP contribution < -0.4 is 5.32 Å². The second kappa shape index (κ2) is 6.38. The fourth-order valence-electron chi connectivity index (χ4n) is 1.97. The molecule has 1 saturated heterocycles. The average Bonchev–Trinajstić information content (AvgIpc) is 2.95. The topological polar surface area (TPSA) is 32.3 Å². The Morgan fingerprint density at radius 2 is 2.18 bits per heavy atom. The predicted molar refractivity (Wildman–Crippen MR) is 71.7 cm³/mol. The summed E-state index contributed by atoms with van der Waals surface area (Å²) in [6.45, 7) is 3.15. The van der Waals surface area contributed by atoms with Crippen molar-refractivity contribution in [2.75, 3.05) is 26.2 Å². The van der Waals surface area contributed by atoms with Gasteiger partial charge in [-0.1, -0.05) is 11.6 Å². The summed E-state index contributed by atoms with van der Waals surface area (Å²) in [6, 6.07) is 3.95. The second-order valence-corrected chi connectivity index (χ2v) is 6.02. The zero-order valence-corrected chi connectivity index (χ0v) is 11.3. The van der Waals surface area contributed by atoms with Gasteiger partial charge >= 0.3 is 0 Å². The first-order valence-electron chi connectivity index (χ1n) is 5.98. The van der Waals surface area contributed by atoms with Gasteiger partial charge in [-0.15, -0.1) is 11.3 Å². The van der Waals surface area contributed by atoms with Gasteiger partial charge < -0.3 is 10.2 Å². The summed E-state index contributed by atoms with van der Waals surface area (Å²) in [7, 11) is 0. The van der Waals surface area contributed by atoms with E-state index in [4.69, 9.17) is 11.6 Å². The summed E-state index contributed by atoms with van der Waals surface area (Å²) in [5, 5.41) is 3.19. The molecular formula is C12H17ClN2OS. The van der Waals surface area contributed by atoms with Crippen LogP contribution in [0, 0.1) is 0 Å². The average molecular weight is 273 g/mol. The lowest BCUT2D eigenvalue weighted by Gasteiger charge is -2.15. The van der Waals surface area contributed by atoms with E-state index in [-0.39, 0.29) is 5.91 Å². The van der Waals surface area contributed by atoms with E-state index in [0.717, 1.165) is 43.2 Å². The van der Waals surface area contributed by atoms with Gasteiger partial charge in [0.15, 0.2) is 0 Å². The van der Waals surface area contributed by atoms with Crippen molar-refractivity contribution in [3.8, 4) is 0 Å². The Hall–Kier alpha value is -0.580. The Bertz CT molecular complexity index is 374. The molecule has 5 heteroatoms. The van der Waals surface area contributed by atoms with Crippen molar-refractivity contribution in [3.05, 3.63) is 21.3 Å². The summed E-state index contributed by atoms with van der Waals surface area (Å²) in [5.41, 5.74) is 0. The molecule has 1 aliphatic rings. The van der Waals surface area contributed by atoms with E-state index < -0.39 is 0 Å². The third-order valence-electron chi connectivity index (χ3n) is 2.91. The molecule has 1 amide bonds. The molecule has 0 spiro atoms. The quantitative estimate of drug-likeness (QED) is 0.833. The number of carbonyl (C=O) groups is 1. The number of hydrogen-bond donors (Lipinski definition) is 1. The molecule has 0 bridgehead atoms. The highest BCUT2D eigenvalue weighted by Gasteiger charge is 2.16. The third-order valence-corrected chi connectivity index (χ3v) is 4.20. The first kappa shape index (κ1) is 12.9. The minimum Gasteiger partial charge on any atom is -0.342 e. The molecule has 94 valence electrons. The highest BCUT2D eigenvalue weighted by molar-refractivity contribution is 7.16. The van der Waals surface area contributed by atoms with Crippen LogP contribution in [0.3, 0.4) is 0 Å². The molecule has 0 aromatic carbocycles. The molecule has 1 aliphatic heterocycles. The summed E-state index contributed by atoms with van der Waals surface area (Å²) in [4.78, 5) is 14.9. The standard InChI is InChI=1S/C12H17ClN2OS/c13-11-4-3-10(17-11)5-6-14-9-12(16)15-7-1-2-8-15/h3-4,14H,1-2,5-9H2. The third kappa shape index (κ3) is 3.98. The molecule has 3 nitrogen and oxygen atoms in total. The van der Waals surface area contributed by atoms with Crippen molar-refractivity contribution in [2.45, 2.75) is 19.3 Å². The van der Waals surface area contributed by atoms with E-state index in [0.29, 0.717) is 6.54 Å². The van der Waals surface area contributed by atoms with Crippen molar-refractivity contribution >= 4 is 28.8 Å². The number of nitrogens with one attached hydrogen (secondary N) is 1. The smallest absolute Gasteiger partial charge is 0.236 e.